The second-order valence-corrected chi connectivity index (χ2v) is 5.08. The number of anilines is 1. The molecule has 0 aliphatic heterocycles. The van der Waals surface area contributed by atoms with Crippen molar-refractivity contribution in [2.24, 2.45) is 0 Å². The van der Waals surface area contributed by atoms with Gasteiger partial charge in [-0.1, -0.05) is 0 Å². The minimum absolute atomic E-state index is 0.565. The SMILES string of the molecule is CCNc1nc(OCCN(C)C2CC2)c2cn[nH]c2n1. The lowest BCUT2D eigenvalue weighted by Gasteiger charge is -2.15. The molecule has 0 amide bonds. The Morgan fingerprint density at radius 1 is 1.45 bits per heavy atom. The first-order chi connectivity index (χ1) is 9.78. The van der Waals surface area contributed by atoms with Gasteiger partial charge in [-0.05, 0) is 26.8 Å². The maximum Gasteiger partial charge on any atom is 0.229 e. The number of likely N-dealkylation sites (N-methyl/N-ethyl adjacent to an activating group) is 1. The fourth-order valence-corrected chi connectivity index (χ4v) is 2.14. The number of rotatable bonds is 7. The van der Waals surface area contributed by atoms with Crippen LogP contribution in [0.2, 0.25) is 0 Å². The molecule has 0 saturated heterocycles. The molecule has 1 aliphatic carbocycles. The van der Waals surface area contributed by atoms with E-state index in [1.165, 1.54) is 12.8 Å². The topological polar surface area (TPSA) is 79.0 Å². The predicted molar refractivity (Wildman–Crippen MR) is 77.0 cm³/mol. The number of hydrogen-bond donors (Lipinski definition) is 2. The fraction of sp³-hybridized carbons (Fsp3) is 0.615. The normalized spacial score (nSPS) is 14.9. The van der Waals surface area contributed by atoms with Gasteiger partial charge in [0.25, 0.3) is 0 Å². The summed E-state index contributed by atoms with van der Waals surface area (Å²) in [6.45, 7) is 4.30. The summed E-state index contributed by atoms with van der Waals surface area (Å²) in [5, 5.41) is 10.8. The number of hydrogen-bond acceptors (Lipinski definition) is 6. The van der Waals surface area contributed by atoms with Gasteiger partial charge in [0.2, 0.25) is 11.8 Å². The van der Waals surface area contributed by atoms with Crippen molar-refractivity contribution in [2.75, 3.05) is 32.1 Å². The fourth-order valence-electron chi connectivity index (χ4n) is 2.14. The van der Waals surface area contributed by atoms with Crippen LogP contribution in [0.4, 0.5) is 5.95 Å². The van der Waals surface area contributed by atoms with Crippen molar-refractivity contribution >= 4 is 17.0 Å². The predicted octanol–water partition coefficient (Wildman–Crippen LogP) is 1.26. The van der Waals surface area contributed by atoms with Gasteiger partial charge in [0.15, 0.2) is 5.65 Å². The highest BCUT2D eigenvalue weighted by molar-refractivity contribution is 5.80. The smallest absolute Gasteiger partial charge is 0.229 e. The van der Waals surface area contributed by atoms with Gasteiger partial charge in [0.1, 0.15) is 12.0 Å². The molecule has 0 radical (unpaired) electrons. The van der Waals surface area contributed by atoms with Crippen LogP contribution in [0.25, 0.3) is 11.0 Å². The van der Waals surface area contributed by atoms with Crippen molar-refractivity contribution in [3.63, 3.8) is 0 Å². The van der Waals surface area contributed by atoms with Gasteiger partial charge in [-0.25, -0.2) is 0 Å². The molecule has 0 atom stereocenters. The van der Waals surface area contributed by atoms with E-state index < -0.39 is 0 Å². The van der Waals surface area contributed by atoms with Crippen LogP contribution in [0.5, 0.6) is 5.88 Å². The summed E-state index contributed by atoms with van der Waals surface area (Å²) in [6.07, 6.45) is 4.31. The van der Waals surface area contributed by atoms with Crippen molar-refractivity contribution in [1.82, 2.24) is 25.1 Å². The van der Waals surface area contributed by atoms with Crippen LogP contribution >= 0.6 is 0 Å². The molecule has 7 heteroatoms. The summed E-state index contributed by atoms with van der Waals surface area (Å²) in [5.41, 5.74) is 0.696. The molecule has 0 spiro atoms. The molecule has 0 aromatic carbocycles. The van der Waals surface area contributed by atoms with Gasteiger partial charge in [0, 0.05) is 19.1 Å². The summed E-state index contributed by atoms with van der Waals surface area (Å²) in [5.74, 6) is 1.15. The van der Waals surface area contributed by atoms with E-state index in [0.29, 0.717) is 24.1 Å². The summed E-state index contributed by atoms with van der Waals surface area (Å²) < 4.78 is 5.82. The second-order valence-electron chi connectivity index (χ2n) is 5.08. The highest BCUT2D eigenvalue weighted by Gasteiger charge is 2.25. The highest BCUT2D eigenvalue weighted by atomic mass is 16.5. The van der Waals surface area contributed by atoms with Crippen molar-refractivity contribution in [2.45, 2.75) is 25.8 Å². The Morgan fingerprint density at radius 3 is 3.05 bits per heavy atom. The van der Waals surface area contributed by atoms with Crippen LogP contribution < -0.4 is 10.1 Å². The van der Waals surface area contributed by atoms with E-state index in [0.717, 1.165) is 24.5 Å². The Hall–Kier alpha value is -1.89. The number of fused-ring (bicyclic) bond motifs is 1. The first kappa shape index (κ1) is 13.1. The van der Waals surface area contributed by atoms with Crippen molar-refractivity contribution in [3.05, 3.63) is 6.20 Å². The summed E-state index contributed by atoms with van der Waals surface area (Å²) in [6, 6.07) is 0.746. The lowest BCUT2D eigenvalue weighted by atomic mass is 10.4. The molecule has 2 heterocycles. The third kappa shape index (κ3) is 2.82. The Balaban J connectivity index is 1.69. The highest BCUT2D eigenvalue weighted by Crippen LogP contribution is 2.25. The molecule has 1 aliphatic rings. The average Bonchev–Trinajstić information content (AvgIpc) is 3.18. The van der Waals surface area contributed by atoms with E-state index in [-0.39, 0.29) is 0 Å². The van der Waals surface area contributed by atoms with E-state index in [1.807, 2.05) is 6.92 Å². The molecular weight excluding hydrogens is 256 g/mol. The maximum absolute atomic E-state index is 5.82. The zero-order valence-corrected chi connectivity index (χ0v) is 11.9. The lowest BCUT2D eigenvalue weighted by Crippen LogP contribution is -2.26. The summed E-state index contributed by atoms with van der Waals surface area (Å²) in [7, 11) is 2.14. The van der Waals surface area contributed by atoms with Gasteiger partial charge < -0.3 is 15.0 Å². The molecule has 2 aromatic heterocycles. The number of H-pyrrole nitrogens is 1. The Morgan fingerprint density at radius 2 is 2.30 bits per heavy atom. The summed E-state index contributed by atoms with van der Waals surface area (Å²) in [4.78, 5) is 11.1. The molecule has 3 rings (SSSR count). The molecule has 1 saturated carbocycles. The number of nitrogens with one attached hydrogen (secondary N) is 2. The Bertz CT molecular complexity index is 579. The second kappa shape index (κ2) is 5.62. The first-order valence-electron chi connectivity index (χ1n) is 7.06. The van der Waals surface area contributed by atoms with E-state index in [9.17, 15) is 0 Å². The molecule has 1 fully saturated rings. The van der Waals surface area contributed by atoms with Gasteiger partial charge in [-0.15, -0.1) is 0 Å². The minimum Gasteiger partial charge on any atom is -0.476 e. The molecule has 0 bridgehead atoms. The van der Waals surface area contributed by atoms with Crippen LogP contribution in [-0.2, 0) is 0 Å². The van der Waals surface area contributed by atoms with Crippen molar-refractivity contribution in [3.8, 4) is 5.88 Å². The average molecular weight is 276 g/mol. The third-order valence-electron chi connectivity index (χ3n) is 3.46. The van der Waals surface area contributed by atoms with Gasteiger partial charge >= 0.3 is 0 Å². The molecule has 108 valence electrons. The zero-order valence-electron chi connectivity index (χ0n) is 11.9. The third-order valence-corrected chi connectivity index (χ3v) is 3.46. The van der Waals surface area contributed by atoms with Crippen molar-refractivity contribution < 1.29 is 4.74 Å². The van der Waals surface area contributed by atoms with Crippen LogP contribution in [0, 0.1) is 0 Å². The summed E-state index contributed by atoms with van der Waals surface area (Å²) >= 11 is 0. The van der Waals surface area contributed by atoms with E-state index >= 15 is 0 Å². The minimum atomic E-state index is 0.565. The largest absolute Gasteiger partial charge is 0.476 e. The quantitative estimate of drug-likeness (QED) is 0.792. The molecule has 2 aromatic rings. The number of nitrogens with zero attached hydrogens (tertiary/aromatic N) is 4. The molecule has 2 N–H and O–H groups in total. The molecular formula is C13H20N6O. The number of ether oxygens (including phenoxy) is 1. The van der Waals surface area contributed by atoms with E-state index in [1.54, 1.807) is 6.20 Å². The van der Waals surface area contributed by atoms with Crippen LogP contribution in [-0.4, -0.2) is 57.9 Å². The van der Waals surface area contributed by atoms with Crippen molar-refractivity contribution in [1.29, 1.82) is 0 Å². The maximum atomic E-state index is 5.82. The standard InChI is InChI=1S/C13H20N6O/c1-3-14-13-16-11-10(8-15-18-11)12(17-13)20-7-6-19(2)9-4-5-9/h8-9H,3-7H2,1-2H3,(H2,14,15,16,17,18). The van der Waals surface area contributed by atoms with Crippen LogP contribution in [0.1, 0.15) is 19.8 Å². The van der Waals surface area contributed by atoms with E-state index in [4.69, 9.17) is 4.74 Å². The number of aromatic amines is 1. The Kier molecular flexibility index (Phi) is 3.68. The zero-order chi connectivity index (χ0) is 13.9. The number of aromatic nitrogens is 4. The van der Waals surface area contributed by atoms with Gasteiger partial charge in [-0.3, -0.25) is 5.10 Å². The van der Waals surface area contributed by atoms with Gasteiger partial charge in [0.05, 0.1) is 6.20 Å². The Labute approximate surface area is 117 Å². The van der Waals surface area contributed by atoms with Crippen LogP contribution in [0.3, 0.4) is 0 Å². The van der Waals surface area contributed by atoms with Crippen LogP contribution in [0.15, 0.2) is 6.20 Å². The lowest BCUT2D eigenvalue weighted by molar-refractivity contribution is 0.228. The molecule has 0 unspecified atom stereocenters. The molecule has 7 nitrogen and oxygen atoms in total. The van der Waals surface area contributed by atoms with Gasteiger partial charge in [-0.2, -0.15) is 15.1 Å². The monoisotopic (exact) mass is 276 g/mol. The first-order valence-corrected chi connectivity index (χ1v) is 7.06. The van der Waals surface area contributed by atoms with E-state index in [2.05, 4.69) is 37.4 Å². The molecule has 20 heavy (non-hydrogen) atoms.